The third kappa shape index (κ3) is 31.8. The Morgan fingerprint density at radius 3 is 1.06 bits per heavy atom. The van der Waals surface area contributed by atoms with E-state index in [1.54, 1.807) is 81.6 Å². The van der Waals surface area contributed by atoms with Gasteiger partial charge in [-0.05, 0) is 222 Å². The number of hydrogen-bond donors (Lipinski definition) is 4. The highest BCUT2D eigenvalue weighted by Crippen LogP contribution is 2.32. The van der Waals surface area contributed by atoms with Crippen molar-refractivity contribution >= 4 is 145 Å². The number of nitrogens with zero attached hydrogens (tertiary/aromatic N) is 12. The van der Waals surface area contributed by atoms with E-state index < -0.39 is 39.9 Å². The number of carbonyl (C=O) groups excluding carboxylic acids is 2. The maximum absolute atomic E-state index is 12.4. The number of aromatic nitrogens is 12. The molecule has 0 unspecified atom stereocenters. The Balaban J connectivity index is 0.000000212. The molecule has 0 aliphatic rings. The predicted octanol–water partition coefficient (Wildman–Crippen LogP) is 16.7. The number of methoxy groups -OCH3 is 2. The summed E-state index contributed by atoms with van der Waals surface area (Å²) in [6, 6.07) is 48.9. The molecule has 127 heavy (non-hydrogen) atoms. The van der Waals surface area contributed by atoms with Gasteiger partial charge in [0.1, 0.15) is 45.8 Å². The highest BCUT2D eigenvalue weighted by atomic mass is 127. The lowest BCUT2D eigenvalue weighted by atomic mass is 10.2. The van der Waals surface area contributed by atoms with Crippen LogP contribution in [0.1, 0.15) is 86.3 Å². The second-order valence-electron chi connectivity index (χ2n) is 28.1. The lowest BCUT2D eigenvalue weighted by molar-refractivity contribution is -0.138. The SMILES string of the molecule is COc1ccc(=O)n(-c2cccc(C)c2)n1.COc1nn(-c2cccc(C)c2)c(=O)c(Cl)c1Cl.Cc1cccc(-n2nc(OCCCNC(=O)CCC(=O)O)c(Cl)c(Cl)c2=O)c1.Cc1cccc(-n2nc(OCCCNC(=O)OC(C)(C)C)c(Cl)c(Cl)c2=O)c1.Cc1cccc(-n2nc(OCCCNCl)c(Cl)c(Cl)c2=O)c1.Cc1cccc(-n2ncc(I)cc2=O)c1. The van der Waals surface area contributed by atoms with Gasteiger partial charge in [-0.2, -0.15) is 33.2 Å². The minimum Gasteiger partial charge on any atom is -0.481 e. The van der Waals surface area contributed by atoms with Crippen molar-refractivity contribution in [1.82, 2.24) is 74.2 Å². The van der Waals surface area contributed by atoms with Gasteiger partial charge in [0.15, 0.2) is 0 Å². The molecule has 12 aromatic rings. The molecule has 0 spiro atoms. The lowest BCUT2D eigenvalue weighted by Gasteiger charge is -2.19. The Labute approximate surface area is 787 Å². The largest absolute Gasteiger partial charge is 0.481 e. The monoisotopic (exact) mass is 2030 g/mol. The van der Waals surface area contributed by atoms with Crippen LogP contribution in [0.25, 0.3) is 34.1 Å². The topological polar surface area (TPSA) is 372 Å². The third-order valence-electron chi connectivity index (χ3n) is 16.6. The molecule has 6 heterocycles. The molecule has 672 valence electrons. The van der Waals surface area contributed by atoms with Crippen LogP contribution in [0.15, 0.2) is 199 Å². The first-order valence-electron chi connectivity index (χ1n) is 38.3. The second-order valence-corrected chi connectivity index (χ2v) is 32.6. The fourth-order valence-corrected chi connectivity index (χ4v) is 12.5. The van der Waals surface area contributed by atoms with Crippen molar-refractivity contribution in [2.75, 3.05) is 53.7 Å². The maximum Gasteiger partial charge on any atom is 0.407 e. The van der Waals surface area contributed by atoms with Crippen LogP contribution in [0.5, 0.6) is 29.4 Å². The summed E-state index contributed by atoms with van der Waals surface area (Å²) in [7, 11) is 2.93. The van der Waals surface area contributed by atoms with Crippen LogP contribution >= 0.6 is 127 Å². The number of amides is 2. The Bertz CT molecular complexity index is 6230. The molecule has 0 atom stereocenters. The van der Waals surface area contributed by atoms with Crippen LogP contribution in [0.3, 0.4) is 0 Å². The highest BCUT2D eigenvalue weighted by molar-refractivity contribution is 14.1. The molecule has 2 amide bonds. The first-order chi connectivity index (χ1) is 60.3. The van der Waals surface area contributed by atoms with Gasteiger partial charge in [0.05, 0.1) is 80.8 Å². The van der Waals surface area contributed by atoms with Gasteiger partial charge in [0.25, 0.3) is 56.9 Å². The first-order valence-corrected chi connectivity index (χ1v) is 42.8. The van der Waals surface area contributed by atoms with Crippen molar-refractivity contribution < 1.29 is 47.9 Å². The van der Waals surface area contributed by atoms with Crippen LogP contribution in [0, 0.1) is 45.1 Å². The van der Waals surface area contributed by atoms with Gasteiger partial charge >= 0.3 is 12.1 Å². The van der Waals surface area contributed by atoms with E-state index in [0.717, 1.165) is 57.7 Å². The van der Waals surface area contributed by atoms with Crippen LogP contribution in [0.2, 0.25) is 40.2 Å². The van der Waals surface area contributed by atoms with Crippen molar-refractivity contribution in [3.63, 3.8) is 0 Å². The van der Waals surface area contributed by atoms with Crippen molar-refractivity contribution in [3.05, 3.63) is 309 Å². The number of halogens is 10. The first kappa shape index (κ1) is 103. The summed E-state index contributed by atoms with van der Waals surface area (Å²) >= 11 is 55.5. The number of benzene rings is 6. The summed E-state index contributed by atoms with van der Waals surface area (Å²) in [5.74, 6) is -0.685. The minimum atomic E-state index is -1.03. The number of aliphatic carboxylic acids is 1. The van der Waals surface area contributed by atoms with E-state index in [1.165, 1.54) is 39.0 Å². The molecule has 0 aliphatic heterocycles. The minimum absolute atomic E-state index is 0.00461. The quantitative estimate of drug-likeness (QED) is 0.0222. The molecule has 0 saturated heterocycles. The molecular weight excluding hydrogens is 1950 g/mol. The van der Waals surface area contributed by atoms with E-state index in [1.807, 2.05) is 145 Å². The van der Waals surface area contributed by atoms with E-state index in [2.05, 4.69) is 68.7 Å². The molecule has 6 aromatic carbocycles. The molecule has 12 rings (SSSR count). The Kier molecular flexibility index (Phi) is 41.1. The summed E-state index contributed by atoms with van der Waals surface area (Å²) in [5, 5.41) is 37.7. The normalized spacial score (nSPS) is 10.6. The molecule has 0 fully saturated rings. The standard InChI is InChI=1S/C19H23Cl2N3O4.C18H19Cl2N3O5.C14H14Cl3N3O2.C12H10Cl2N2O2.C12H12N2O2.C11H9IN2O/c1-12-7-5-8-13(11-12)24-17(25)15(21)14(20)16(23-24)27-10-6-9-22-18(26)28-19(2,3)4;1-11-4-2-5-12(10-11)23-18(27)16(20)15(19)17(22-23)28-9-3-8-21-13(24)6-7-14(25)26;1-9-4-2-5-10(8-9)20-14(21)12(16)11(15)13(19-20)22-7-3-6-18-17;1-7-4-3-5-8(6-7)16-12(17)10(14)9(13)11(15-16)18-2;1-9-4-3-5-10(8-9)14-12(15)7-6-11(13-14)16-2;1-8-3-2-4-10(5-8)14-11(15)6-9(12)7-13-14/h5,7-8,11H,6,9-10H2,1-4H3,(H,22,26);2,4-5,10H,3,6-9H2,1H3,(H,21,24)(H,25,26);2,4-5,8,18H,3,6-7H2,1H3;3-6H,1-2H3;3-8H,1-2H3;2-7H,1H3. The van der Waals surface area contributed by atoms with Gasteiger partial charge in [-0.1, -0.05) is 166 Å². The molecule has 0 bridgehead atoms. The summed E-state index contributed by atoms with van der Waals surface area (Å²) in [6.45, 7) is 18.9. The summed E-state index contributed by atoms with van der Waals surface area (Å²) in [4.78, 5) is 108. The molecule has 0 aliphatic carbocycles. The number of rotatable bonds is 26. The average Bonchev–Trinajstić information content (AvgIpc) is 0.804. The van der Waals surface area contributed by atoms with E-state index in [4.69, 9.17) is 138 Å². The Morgan fingerprint density at radius 2 is 0.732 bits per heavy atom. The van der Waals surface area contributed by atoms with Gasteiger partial charge in [-0.3, -0.25) is 38.4 Å². The third-order valence-corrected chi connectivity index (χ3v) is 20.5. The zero-order chi connectivity index (χ0) is 93.4. The summed E-state index contributed by atoms with van der Waals surface area (Å²) < 4.78 is 39.9. The fraction of sp³-hybridized carbons (Fsp3) is 0.267. The highest BCUT2D eigenvalue weighted by Gasteiger charge is 2.23. The fourth-order valence-electron chi connectivity index (χ4n) is 10.6. The van der Waals surface area contributed by atoms with Crippen molar-refractivity contribution in [1.29, 1.82) is 0 Å². The Hall–Kier alpha value is -10.9. The number of aryl methyl sites for hydroxylation is 6. The zero-order valence-electron chi connectivity index (χ0n) is 70.2. The molecule has 0 radical (unpaired) electrons. The van der Waals surface area contributed by atoms with Crippen LogP contribution in [0.4, 0.5) is 4.79 Å². The van der Waals surface area contributed by atoms with Gasteiger partial charge in [-0.25, -0.2) is 9.63 Å². The van der Waals surface area contributed by atoms with Gasteiger partial charge in [-0.15, -0.1) is 25.5 Å². The number of hydrogen-bond acceptors (Lipinski definition) is 22. The lowest BCUT2D eigenvalue weighted by Crippen LogP contribution is -2.33. The Morgan fingerprint density at radius 1 is 0.402 bits per heavy atom. The van der Waals surface area contributed by atoms with Crippen LogP contribution in [-0.4, -0.2) is 141 Å². The van der Waals surface area contributed by atoms with E-state index >= 15 is 0 Å². The number of carboxylic acids is 1. The number of alkyl carbamates (subject to hydrolysis) is 1. The summed E-state index contributed by atoms with van der Waals surface area (Å²) in [6.07, 6.45) is 2.44. The van der Waals surface area contributed by atoms with Gasteiger partial charge in [0, 0.05) is 47.8 Å². The molecule has 41 heteroatoms. The van der Waals surface area contributed by atoms with Crippen molar-refractivity contribution in [2.45, 2.75) is 100 Å². The van der Waals surface area contributed by atoms with Crippen molar-refractivity contribution in [2.24, 2.45) is 0 Å². The predicted molar refractivity (Wildman–Crippen MR) is 502 cm³/mol. The molecular formula is C86H87Cl9IN15O16. The molecule has 4 N–H and O–H groups in total. The van der Waals surface area contributed by atoms with Crippen molar-refractivity contribution in [3.8, 4) is 63.5 Å². The average molecular weight is 2030 g/mol. The summed E-state index contributed by atoms with van der Waals surface area (Å²) in [5.41, 5.74) is 7.02. The van der Waals surface area contributed by atoms with Gasteiger partial charge in [0.2, 0.25) is 11.8 Å². The maximum atomic E-state index is 12.4. The number of ether oxygens (including phenoxy) is 6. The zero-order valence-corrected chi connectivity index (χ0v) is 79.1. The van der Waals surface area contributed by atoms with E-state index in [9.17, 15) is 43.2 Å². The van der Waals surface area contributed by atoms with Crippen LogP contribution in [-0.2, 0) is 14.3 Å². The van der Waals surface area contributed by atoms with E-state index in [-0.39, 0.29) is 107 Å². The van der Waals surface area contributed by atoms with E-state index in [0.29, 0.717) is 74.1 Å². The number of nitrogens with one attached hydrogen (secondary N) is 3. The number of carboxylic acid groups (broad SMARTS) is 1. The molecule has 0 saturated carbocycles. The number of carbonyl (C=O) groups is 3. The van der Waals surface area contributed by atoms with Crippen LogP contribution < -0.4 is 72.5 Å². The second kappa shape index (κ2) is 50.6. The van der Waals surface area contributed by atoms with Gasteiger partial charge < -0.3 is 44.2 Å². The molecule has 6 aromatic heterocycles. The molecule has 31 nitrogen and oxygen atoms in total. The smallest absolute Gasteiger partial charge is 0.407 e.